The summed E-state index contributed by atoms with van der Waals surface area (Å²) in [7, 11) is 1.82. The molecule has 0 N–H and O–H groups in total. The number of hydrogen-bond donors (Lipinski definition) is 0. The Morgan fingerprint density at radius 1 is 1.27 bits per heavy atom. The van der Waals surface area contributed by atoms with E-state index in [2.05, 4.69) is 27.4 Å². The van der Waals surface area contributed by atoms with Crippen molar-refractivity contribution in [3.8, 4) is 5.75 Å². The Morgan fingerprint density at radius 2 is 2.09 bits per heavy atom. The second-order valence-electron chi connectivity index (χ2n) is 4.71. The van der Waals surface area contributed by atoms with Crippen molar-refractivity contribution in [2.45, 2.75) is 24.4 Å². The Kier molecular flexibility index (Phi) is 4.69. The number of tetrazole rings is 1. The smallest absolute Gasteiger partial charge is 0.209 e. The SMILES string of the molecule is Cc1ccc(OCc2nc(CSc3nnnn3C)cs2)cc1. The van der Waals surface area contributed by atoms with Gasteiger partial charge < -0.3 is 4.74 Å². The van der Waals surface area contributed by atoms with Gasteiger partial charge in [0.05, 0.1) is 5.69 Å². The summed E-state index contributed by atoms with van der Waals surface area (Å²) >= 11 is 3.17. The summed E-state index contributed by atoms with van der Waals surface area (Å²) < 4.78 is 7.39. The molecule has 1 aromatic carbocycles. The number of hydrogen-bond acceptors (Lipinski definition) is 7. The van der Waals surface area contributed by atoms with E-state index in [-0.39, 0.29) is 0 Å². The van der Waals surface area contributed by atoms with Crippen LogP contribution in [0.1, 0.15) is 16.3 Å². The molecule has 0 aliphatic carbocycles. The van der Waals surface area contributed by atoms with Gasteiger partial charge in [-0.15, -0.1) is 16.4 Å². The van der Waals surface area contributed by atoms with Crippen LogP contribution in [0.5, 0.6) is 5.75 Å². The zero-order valence-electron chi connectivity index (χ0n) is 12.3. The van der Waals surface area contributed by atoms with Crippen LogP contribution in [-0.2, 0) is 19.4 Å². The standard InChI is InChI=1S/C14H15N5OS2/c1-10-3-5-12(6-4-10)20-7-13-15-11(8-21-13)9-22-14-16-17-18-19(14)2/h3-6,8H,7,9H2,1-2H3. The van der Waals surface area contributed by atoms with Crippen molar-refractivity contribution in [1.82, 2.24) is 25.2 Å². The molecule has 8 heteroatoms. The predicted octanol–water partition coefficient (Wildman–Crippen LogP) is 2.85. The fourth-order valence-electron chi connectivity index (χ4n) is 1.74. The topological polar surface area (TPSA) is 65.7 Å². The van der Waals surface area contributed by atoms with E-state index < -0.39 is 0 Å². The molecule has 0 amide bonds. The maximum atomic E-state index is 5.73. The highest BCUT2D eigenvalue weighted by atomic mass is 32.2. The number of rotatable bonds is 6. The summed E-state index contributed by atoms with van der Waals surface area (Å²) in [6.45, 7) is 2.55. The van der Waals surface area contributed by atoms with Gasteiger partial charge in [0, 0.05) is 18.2 Å². The number of thiazole rings is 1. The fourth-order valence-corrected chi connectivity index (χ4v) is 3.30. The minimum Gasteiger partial charge on any atom is -0.486 e. The van der Waals surface area contributed by atoms with E-state index in [1.165, 1.54) is 5.56 Å². The molecule has 2 aromatic heterocycles. The summed E-state index contributed by atoms with van der Waals surface area (Å²) in [5.41, 5.74) is 2.24. The van der Waals surface area contributed by atoms with Crippen molar-refractivity contribution in [2.75, 3.05) is 0 Å². The predicted molar refractivity (Wildman–Crippen MR) is 86.0 cm³/mol. The highest BCUT2D eigenvalue weighted by Gasteiger charge is 2.07. The average Bonchev–Trinajstić information content (AvgIpc) is 3.13. The first-order chi connectivity index (χ1) is 10.7. The second kappa shape index (κ2) is 6.89. The molecule has 0 unspecified atom stereocenters. The van der Waals surface area contributed by atoms with E-state index in [0.29, 0.717) is 6.61 Å². The van der Waals surface area contributed by atoms with Crippen molar-refractivity contribution in [3.05, 3.63) is 45.9 Å². The molecule has 0 aliphatic heterocycles. The van der Waals surface area contributed by atoms with Gasteiger partial charge in [-0.3, -0.25) is 0 Å². The molecule has 3 rings (SSSR count). The van der Waals surface area contributed by atoms with Gasteiger partial charge in [-0.2, -0.15) is 0 Å². The lowest BCUT2D eigenvalue weighted by Crippen LogP contribution is -1.96. The lowest BCUT2D eigenvalue weighted by molar-refractivity contribution is 0.305. The molecule has 0 atom stereocenters. The van der Waals surface area contributed by atoms with Crippen molar-refractivity contribution >= 4 is 23.1 Å². The summed E-state index contributed by atoms with van der Waals surface area (Å²) in [5.74, 6) is 1.61. The average molecular weight is 333 g/mol. The first kappa shape index (κ1) is 15.0. The zero-order chi connectivity index (χ0) is 15.4. The summed E-state index contributed by atoms with van der Waals surface area (Å²) in [5, 5.41) is 15.1. The molecule has 2 heterocycles. The Hall–Kier alpha value is -1.93. The van der Waals surface area contributed by atoms with Crippen LogP contribution in [0.2, 0.25) is 0 Å². The Balaban J connectivity index is 1.52. The molecule has 0 bridgehead atoms. The van der Waals surface area contributed by atoms with Gasteiger partial charge >= 0.3 is 0 Å². The largest absolute Gasteiger partial charge is 0.486 e. The van der Waals surface area contributed by atoms with Crippen LogP contribution in [0.3, 0.4) is 0 Å². The molecule has 3 aromatic rings. The molecule has 22 heavy (non-hydrogen) atoms. The van der Waals surface area contributed by atoms with Gasteiger partial charge in [-0.25, -0.2) is 9.67 Å². The van der Waals surface area contributed by atoms with Crippen LogP contribution >= 0.6 is 23.1 Å². The molecule has 114 valence electrons. The van der Waals surface area contributed by atoms with Gasteiger partial charge in [0.15, 0.2) is 0 Å². The third kappa shape index (κ3) is 3.83. The van der Waals surface area contributed by atoms with Crippen LogP contribution in [0.15, 0.2) is 34.8 Å². The van der Waals surface area contributed by atoms with E-state index in [0.717, 1.165) is 27.4 Å². The fraction of sp³-hybridized carbons (Fsp3) is 0.286. The zero-order valence-corrected chi connectivity index (χ0v) is 13.9. The highest BCUT2D eigenvalue weighted by molar-refractivity contribution is 7.98. The first-order valence-corrected chi connectivity index (χ1v) is 8.55. The lowest BCUT2D eigenvalue weighted by atomic mass is 10.2. The van der Waals surface area contributed by atoms with Gasteiger partial charge in [-0.05, 0) is 29.5 Å². The normalized spacial score (nSPS) is 10.8. The molecule has 0 spiro atoms. The second-order valence-corrected chi connectivity index (χ2v) is 6.59. The molecule has 0 fully saturated rings. The number of ether oxygens (including phenoxy) is 1. The molecule has 0 saturated heterocycles. The van der Waals surface area contributed by atoms with Crippen molar-refractivity contribution in [1.29, 1.82) is 0 Å². The quantitative estimate of drug-likeness (QED) is 0.646. The first-order valence-electron chi connectivity index (χ1n) is 6.68. The van der Waals surface area contributed by atoms with E-state index in [1.807, 2.05) is 36.7 Å². The minimum atomic E-state index is 0.490. The van der Waals surface area contributed by atoms with E-state index >= 15 is 0 Å². The van der Waals surface area contributed by atoms with Crippen LogP contribution in [0, 0.1) is 6.92 Å². The van der Waals surface area contributed by atoms with Crippen LogP contribution in [0.25, 0.3) is 0 Å². The Labute approximate surface area is 136 Å². The van der Waals surface area contributed by atoms with Crippen LogP contribution in [-0.4, -0.2) is 25.2 Å². The van der Waals surface area contributed by atoms with Crippen molar-refractivity contribution in [2.24, 2.45) is 7.05 Å². The maximum absolute atomic E-state index is 5.73. The minimum absolute atomic E-state index is 0.490. The van der Waals surface area contributed by atoms with E-state index in [9.17, 15) is 0 Å². The van der Waals surface area contributed by atoms with Crippen molar-refractivity contribution in [3.63, 3.8) is 0 Å². The van der Waals surface area contributed by atoms with E-state index in [4.69, 9.17) is 4.74 Å². The van der Waals surface area contributed by atoms with Gasteiger partial charge in [-0.1, -0.05) is 29.5 Å². The van der Waals surface area contributed by atoms with Gasteiger partial charge in [0.2, 0.25) is 5.16 Å². The summed E-state index contributed by atoms with van der Waals surface area (Å²) in [6, 6.07) is 8.02. The van der Waals surface area contributed by atoms with E-state index in [1.54, 1.807) is 27.8 Å². The number of aryl methyl sites for hydroxylation is 2. The molecular formula is C14H15N5OS2. The summed E-state index contributed by atoms with van der Waals surface area (Å²) in [4.78, 5) is 4.57. The van der Waals surface area contributed by atoms with Crippen molar-refractivity contribution < 1.29 is 4.74 Å². The number of nitrogens with zero attached hydrogens (tertiary/aromatic N) is 5. The van der Waals surface area contributed by atoms with Crippen LogP contribution < -0.4 is 4.74 Å². The number of thioether (sulfide) groups is 1. The lowest BCUT2D eigenvalue weighted by Gasteiger charge is -2.03. The monoisotopic (exact) mass is 333 g/mol. The molecule has 0 aliphatic rings. The number of benzene rings is 1. The molecule has 6 nitrogen and oxygen atoms in total. The highest BCUT2D eigenvalue weighted by Crippen LogP contribution is 2.21. The molecule has 0 saturated carbocycles. The Bertz CT molecular complexity index is 738. The van der Waals surface area contributed by atoms with Gasteiger partial charge in [0.25, 0.3) is 0 Å². The molecule has 0 radical (unpaired) electrons. The summed E-state index contributed by atoms with van der Waals surface area (Å²) in [6.07, 6.45) is 0. The maximum Gasteiger partial charge on any atom is 0.209 e. The van der Waals surface area contributed by atoms with Crippen LogP contribution in [0.4, 0.5) is 0 Å². The third-order valence-corrected chi connectivity index (χ3v) is 4.83. The third-order valence-electron chi connectivity index (χ3n) is 2.91. The van der Waals surface area contributed by atoms with Gasteiger partial charge in [0.1, 0.15) is 17.4 Å². The Morgan fingerprint density at radius 3 is 2.82 bits per heavy atom. The number of aromatic nitrogens is 5. The molecular weight excluding hydrogens is 318 g/mol.